The van der Waals surface area contributed by atoms with Crippen LogP contribution < -0.4 is 0 Å². The van der Waals surface area contributed by atoms with Crippen molar-refractivity contribution in [3.63, 3.8) is 0 Å². The zero-order chi connectivity index (χ0) is 25.4. The Kier molecular flexibility index (Phi) is 6.57. The van der Waals surface area contributed by atoms with E-state index in [1.54, 1.807) is 6.20 Å². The van der Waals surface area contributed by atoms with Gasteiger partial charge < -0.3 is 9.42 Å². The fourth-order valence-electron chi connectivity index (χ4n) is 4.50. The van der Waals surface area contributed by atoms with Crippen LogP contribution in [-0.2, 0) is 6.54 Å². The minimum atomic E-state index is 0.0340. The summed E-state index contributed by atoms with van der Waals surface area (Å²) in [6.07, 6.45) is 1.77. The molecule has 0 saturated carbocycles. The summed E-state index contributed by atoms with van der Waals surface area (Å²) >= 11 is 0. The van der Waals surface area contributed by atoms with Crippen LogP contribution >= 0.6 is 0 Å². The molecule has 1 saturated heterocycles. The van der Waals surface area contributed by atoms with Gasteiger partial charge in [-0.3, -0.25) is 9.69 Å². The highest BCUT2D eigenvalue weighted by molar-refractivity contribution is 6.05. The van der Waals surface area contributed by atoms with Gasteiger partial charge in [0.1, 0.15) is 0 Å². The van der Waals surface area contributed by atoms with Crippen molar-refractivity contribution < 1.29 is 9.32 Å². The molecule has 1 amide bonds. The van der Waals surface area contributed by atoms with Gasteiger partial charge in [-0.15, -0.1) is 0 Å². The predicted molar refractivity (Wildman–Crippen MR) is 138 cm³/mol. The van der Waals surface area contributed by atoms with Crippen molar-refractivity contribution in [2.75, 3.05) is 26.2 Å². The molecule has 4 aromatic rings. The van der Waals surface area contributed by atoms with Gasteiger partial charge in [0.25, 0.3) is 5.91 Å². The largest absolute Gasteiger partial charge is 0.338 e. The lowest BCUT2D eigenvalue weighted by Gasteiger charge is -2.34. The van der Waals surface area contributed by atoms with Gasteiger partial charge in [-0.05, 0) is 32.8 Å². The predicted octanol–water partition coefficient (Wildman–Crippen LogP) is 4.45. The molecule has 3 aromatic heterocycles. The average molecular weight is 488 g/mol. The molecule has 9 nitrogen and oxygen atoms in total. The number of pyridine rings is 1. The number of piperazine rings is 1. The van der Waals surface area contributed by atoms with E-state index >= 15 is 0 Å². The number of amides is 1. The Hall–Kier alpha value is -3.59. The van der Waals surface area contributed by atoms with E-state index in [0.717, 1.165) is 35.4 Å². The molecule has 1 fully saturated rings. The summed E-state index contributed by atoms with van der Waals surface area (Å²) < 4.78 is 7.40. The number of rotatable bonds is 6. The number of fused-ring (bicyclic) bond motifs is 1. The van der Waals surface area contributed by atoms with Crippen molar-refractivity contribution >= 4 is 16.9 Å². The van der Waals surface area contributed by atoms with Crippen molar-refractivity contribution in [1.82, 2.24) is 34.7 Å². The van der Waals surface area contributed by atoms with Crippen molar-refractivity contribution in [1.29, 1.82) is 0 Å². The lowest BCUT2D eigenvalue weighted by atomic mass is 10.0. The summed E-state index contributed by atoms with van der Waals surface area (Å²) in [5.41, 5.74) is 4.50. The Balaban J connectivity index is 1.27. The lowest BCUT2D eigenvalue weighted by molar-refractivity contribution is 0.0617. The van der Waals surface area contributed by atoms with Crippen molar-refractivity contribution in [2.45, 2.75) is 53.1 Å². The highest BCUT2D eigenvalue weighted by atomic mass is 16.5. The van der Waals surface area contributed by atoms with Crippen LogP contribution in [0.15, 0.2) is 41.1 Å². The molecule has 1 aromatic carbocycles. The molecule has 188 valence electrons. The highest BCUT2D eigenvalue weighted by Crippen LogP contribution is 2.26. The summed E-state index contributed by atoms with van der Waals surface area (Å²) in [4.78, 5) is 27.2. The molecule has 0 unspecified atom stereocenters. The Morgan fingerprint density at radius 3 is 2.42 bits per heavy atom. The van der Waals surface area contributed by atoms with E-state index in [1.165, 1.54) is 5.56 Å². The molecular formula is C27H33N7O2. The number of aromatic nitrogens is 5. The Labute approximate surface area is 211 Å². The Bertz CT molecular complexity index is 1360. The number of hydrogen-bond acceptors (Lipinski definition) is 7. The molecule has 0 atom stereocenters. The third-order valence-corrected chi connectivity index (χ3v) is 6.69. The smallest absolute Gasteiger partial charge is 0.254 e. The van der Waals surface area contributed by atoms with Crippen molar-refractivity contribution in [3.05, 3.63) is 59.2 Å². The molecule has 0 aliphatic carbocycles. The number of nitrogens with zero attached hydrogens (tertiary/aromatic N) is 7. The second-order valence-corrected chi connectivity index (χ2v) is 10.1. The van der Waals surface area contributed by atoms with Gasteiger partial charge in [-0.25, -0.2) is 9.67 Å². The first-order valence-electron chi connectivity index (χ1n) is 12.6. The van der Waals surface area contributed by atoms with Crippen LogP contribution in [0.4, 0.5) is 0 Å². The van der Waals surface area contributed by atoms with E-state index in [2.05, 4.69) is 54.8 Å². The summed E-state index contributed by atoms with van der Waals surface area (Å²) in [7, 11) is 0. The number of carbonyl (C=O) groups excluding carboxylic acids is 1. The van der Waals surface area contributed by atoms with E-state index in [4.69, 9.17) is 9.51 Å². The molecule has 0 spiro atoms. The minimum absolute atomic E-state index is 0.0340. The fraction of sp³-hybridized carbons (Fsp3) is 0.444. The number of carbonyl (C=O) groups is 1. The van der Waals surface area contributed by atoms with Crippen LogP contribution in [0.3, 0.4) is 0 Å². The topological polar surface area (TPSA) is 93.2 Å². The quantitative estimate of drug-likeness (QED) is 0.397. The zero-order valence-corrected chi connectivity index (χ0v) is 21.6. The molecular weight excluding hydrogens is 454 g/mol. The third kappa shape index (κ3) is 4.75. The van der Waals surface area contributed by atoms with Crippen molar-refractivity contribution in [2.24, 2.45) is 0 Å². The summed E-state index contributed by atoms with van der Waals surface area (Å²) in [5.74, 6) is 1.44. The third-order valence-electron chi connectivity index (χ3n) is 6.69. The highest BCUT2D eigenvalue weighted by Gasteiger charge is 2.27. The van der Waals surface area contributed by atoms with Gasteiger partial charge in [-0.1, -0.05) is 48.8 Å². The van der Waals surface area contributed by atoms with E-state index in [0.29, 0.717) is 36.9 Å². The molecule has 5 rings (SSSR count). The van der Waals surface area contributed by atoms with Gasteiger partial charge in [0, 0.05) is 43.5 Å². The van der Waals surface area contributed by atoms with Crippen LogP contribution in [0, 0.1) is 6.92 Å². The van der Waals surface area contributed by atoms with E-state index in [9.17, 15) is 4.79 Å². The van der Waals surface area contributed by atoms with Gasteiger partial charge in [0.05, 0.1) is 23.7 Å². The maximum absolute atomic E-state index is 13.6. The molecule has 4 heterocycles. The van der Waals surface area contributed by atoms with E-state index < -0.39 is 0 Å². The van der Waals surface area contributed by atoms with Gasteiger partial charge >= 0.3 is 0 Å². The summed E-state index contributed by atoms with van der Waals surface area (Å²) in [5, 5.41) is 9.48. The number of hydrogen-bond donors (Lipinski definition) is 0. The average Bonchev–Trinajstić information content (AvgIpc) is 3.51. The summed E-state index contributed by atoms with van der Waals surface area (Å²) in [6, 6.07) is 10.2. The van der Waals surface area contributed by atoms with E-state index in [1.807, 2.05) is 39.9 Å². The van der Waals surface area contributed by atoms with E-state index in [-0.39, 0.29) is 17.9 Å². The first-order chi connectivity index (χ1) is 17.3. The second kappa shape index (κ2) is 9.81. The van der Waals surface area contributed by atoms with Gasteiger partial charge in [0.2, 0.25) is 11.7 Å². The molecule has 1 aliphatic heterocycles. The van der Waals surface area contributed by atoms with Crippen molar-refractivity contribution in [3.8, 4) is 11.4 Å². The SMILES string of the molecule is Cc1ccc(-c2noc(CN3CCN(C(=O)c4cc(C(C)C)nc5c4cnn5C(C)C)CC3)n2)cc1. The normalized spacial score (nSPS) is 14.9. The number of aryl methyl sites for hydroxylation is 1. The van der Waals surface area contributed by atoms with Crippen LogP contribution in [0.25, 0.3) is 22.4 Å². The maximum Gasteiger partial charge on any atom is 0.254 e. The van der Waals surface area contributed by atoms with Gasteiger partial charge in [0.15, 0.2) is 5.65 Å². The Morgan fingerprint density at radius 2 is 1.75 bits per heavy atom. The molecule has 36 heavy (non-hydrogen) atoms. The fourth-order valence-corrected chi connectivity index (χ4v) is 4.50. The molecule has 1 aliphatic rings. The molecule has 0 N–H and O–H groups in total. The monoisotopic (exact) mass is 487 g/mol. The minimum Gasteiger partial charge on any atom is -0.338 e. The first kappa shape index (κ1) is 24.1. The lowest BCUT2D eigenvalue weighted by Crippen LogP contribution is -2.48. The molecule has 0 bridgehead atoms. The first-order valence-corrected chi connectivity index (χ1v) is 12.6. The molecule has 0 radical (unpaired) electrons. The van der Waals surface area contributed by atoms with Crippen LogP contribution in [-0.4, -0.2) is 66.8 Å². The maximum atomic E-state index is 13.6. The van der Waals surface area contributed by atoms with Crippen LogP contribution in [0.5, 0.6) is 0 Å². The van der Waals surface area contributed by atoms with Crippen LogP contribution in [0.1, 0.15) is 67.2 Å². The summed E-state index contributed by atoms with van der Waals surface area (Å²) in [6.45, 7) is 13.7. The number of benzene rings is 1. The van der Waals surface area contributed by atoms with Crippen LogP contribution in [0.2, 0.25) is 0 Å². The zero-order valence-electron chi connectivity index (χ0n) is 21.6. The van der Waals surface area contributed by atoms with Gasteiger partial charge in [-0.2, -0.15) is 10.1 Å². The second-order valence-electron chi connectivity index (χ2n) is 10.1. The standard InChI is InChI=1S/C27H33N7O2/c1-17(2)23-14-21(22-15-28-34(18(3)4)26(22)29-23)27(35)33-12-10-32(11-13-33)16-24-30-25(31-36-24)20-8-6-19(5)7-9-20/h6-9,14-15,17-18H,10-13,16H2,1-5H3. The molecule has 9 heteroatoms. The Morgan fingerprint density at radius 1 is 1.03 bits per heavy atom.